The van der Waals surface area contributed by atoms with Gasteiger partial charge in [0, 0.05) is 55.7 Å². The van der Waals surface area contributed by atoms with E-state index >= 15 is 0 Å². The van der Waals surface area contributed by atoms with E-state index < -0.39 is 0 Å². The third-order valence-electron chi connectivity index (χ3n) is 6.54. The van der Waals surface area contributed by atoms with E-state index in [4.69, 9.17) is 10.1 Å². The molecule has 0 unspecified atom stereocenters. The molecule has 156 valence electrons. The Morgan fingerprint density at radius 1 is 0.903 bits per heavy atom. The molecule has 4 aromatic rings. The van der Waals surface area contributed by atoms with Crippen molar-refractivity contribution in [2.24, 2.45) is 0 Å². The Balaban J connectivity index is 1.26. The molecule has 0 atom stereocenters. The van der Waals surface area contributed by atoms with Crippen molar-refractivity contribution in [1.29, 1.82) is 0 Å². The summed E-state index contributed by atoms with van der Waals surface area (Å²) in [6.45, 7) is 2.82. The lowest BCUT2D eigenvalue weighted by atomic mass is 9.97. The number of aryl methyl sites for hydroxylation is 2. The number of carbonyl (C=O) groups excluding carboxylic acids is 1. The molecular formula is C24H24N6O. The molecule has 7 nitrogen and oxygen atoms in total. The molecule has 1 aliphatic carbocycles. The third-order valence-corrected chi connectivity index (χ3v) is 6.54. The molecule has 0 spiro atoms. The number of nitrogens with zero attached hydrogens (tertiary/aromatic N) is 6. The first-order valence-electron chi connectivity index (χ1n) is 11.0. The highest BCUT2D eigenvalue weighted by Gasteiger charge is 2.27. The van der Waals surface area contributed by atoms with Crippen molar-refractivity contribution in [1.82, 2.24) is 24.5 Å². The molecule has 2 aliphatic rings. The van der Waals surface area contributed by atoms with E-state index in [1.165, 1.54) is 24.1 Å². The monoisotopic (exact) mass is 412 g/mol. The van der Waals surface area contributed by atoms with Gasteiger partial charge < -0.3 is 9.80 Å². The normalized spacial score (nSPS) is 16.6. The Bertz CT molecular complexity index is 1280. The lowest BCUT2D eigenvalue weighted by molar-refractivity contribution is 0.0743. The number of hydrogen-bond donors (Lipinski definition) is 0. The summed E-state index contributed by atoms with van der Waals surface area (Å²) < 4.78 is 2.00. The molecule has 1 amide bonds. The van der Waals surface area contributed by atoms with Crippen LogP contribution in [-0.4, -0.2) is 56.6 Å². The zero-order chi connectivity index (χ0) is 20.8. The molecular weight excluding hydrogens is 388 g/mol. The number of anilines is 1. The van der Waals surface area contributed by atoms with Crippen LogP contribution in [0.15, 0.2) is 48.9 Å². The van der Waals surface area contributed by atoms with Gasteiger partial charge in [0.15, 0.2) is 5.82 Å². The minimum absolute atomic E-state index is 0.00403. The predicted molar refractivity (Wildman–Crippen MR) is 119 cm³/mol. The van der Waals surface area contributed by atoms with E-state index in [0.29, 0.717) is 18.8 Å². The molecule has 0 radical (unpaired) electrons. The fourth-order valence-electron chi connectivity index (χ4n) is 4.94. The van der Waals surface area contributed by atoms with Gasteiger partial charge in [0.25, 0.3) is 5.91 Å². The quantitative estimate of drug-likeness (QED) is 0.506. The molecule has 4 heterocycles. The van der Waals surface area contributed by atoms with Gasteiger partial charge in [0.1, 0.15) is 11.2 Å². The van der Waals surface area contributed by atoms with Crippen molar-refractivity contribution in [3.63, 3.8) is 0 Å². The van der Waals surface area contributed by atoms with Crippen LogP contribution in [0.4, 0.5) is 5.82 Å². The maximum Gasteiger partial charge on any atom is 0.273 e. The molecule has 3 aromatic heterocycles. The molecule has 31 heavy (non-hydrogen) atoms. The SMILES string of the molecule is O=C(c1nccc2ccccc12)N1CCN(c2nccn3nc4c(c23)CCCC4)CC1. The van der Waals surface area contributed by atoms with E-state index in [0.717, 1.165) is 48.0 Å². The molecule has 6 rings (SSSR count). The second kappa shape index (κ2) is 7.34. The number of hydrogen-bond acceptors (Lipinski definition) is 5. The summed E-state index contributed by atoms with van der Waals surface area (Å²) in [7, 11) is 0. The smallest absolute Gasteiger partial charge is 0.273 e. The number of piperazine rings is 1. The fourth-order valence-corrected chi connectivity index (χ4v) is 4.94. The van der Waals surface area contributed by atoms with Crippen LogP contribution in [0.1, 0.15) is 34.6 Å². The van der Waals surface area contributed by atoms with Crippen molar-refractivity contribution in [3.05, 3.63) is 65.9 Å². The van der Waals surface area contributed by atoms with Crippen LogP contribution in [0, 0.1) is 0 Å². The number of aromatic nitrogens is 4. The van der Waals surface area contributed by atoms with Crippen molar-refractivity contribution in [2.75, 3.05) is 31.1 Å². The Morgan fingerprint density at radius 2 is 1.74 bits per heavy atom. The molecule has 7 heteroatoms. The largest absolute Gasteiger partial charge is 0.351 e. The van der Waals surface area contributed by atoms with Crippen LogP contribution < -0.4 is 4.90 Å². The van der Waals surface area contributed by atoms with E-state index in [1.807, 2.05) is 52.1 Å². The summed E-state index contributed by atoms with van der Waals surface area (Å²) in [5.74, 6) is 0.998. The Labute approximate surface area is 180 Å². The first kappa shape index (κ1) is 18.3. The highest BCUT2D eigenvalue weighted by Crippen LogP contribution is 2.30. The maximum absolute atomic E-state index is 13.2. The van der Waals surface area contributed by atoms with E-state index in [9.17, 15) is 4.79 Å². The summed E-state index contributed by atoms with van der Waals surface area (Å²) in [6.07, 6.45) is 10.0. The summed E-state index contributed by atoms with van der Waals surface area (Å²) in [5, 5.41) is 6.75. The summed E-state index contributed by atoms with van der Waals surface area (Å²) >= 11 is 0. The van der Waals surface area contributed by atoms with Gasteiger partial charge in [-0.2, -0.15) is 5.10 Å². The van der Waals surface area contributed by atoms with Gasteiger partial charge in [0.05, 0.1) is 5.69 Å². The van der Waals surface area contributed by atoms with E-state index in [1.54, 1.807) is 6.20 Å². The van der Waals surface area contributed by atoms with Gasteiger partial charge in [-0.1, -0.05) is 24.3 Å². The van der Waals surface area contributed by atoms with Gasteiger partial charge in [-0.3, -0.25) is 9.78 Å². The lowest BCUT2D eigenvalue weighted by Gasteiger charge is -2.35. The number of carbonyl (C=O) groups is 1. The third kappa shape index (κ3) is 3.03. The molecule has 1 saturated heterocycles. The van der Waals surface area contributed by atoms with Crippen molar-refractivity contribution >= 4 is 28.0 Å². The van der Waals surface area contributed by atoms with Gasteiger partial charge in [0.2, 0.25) is 0 Å². The molecule has 1 aromatic carbocycles. The number of amides is 1. The van der Waals surface area contributed by atoms with Gasteiger partial charge in [-0.25, -0.2) is 9.50 Å². The lowest BCUT2D eigenvalue weighted by Crippen LogP contribution is -2.49. The average Bonchev–Trinajstić information content (AvgIpc) is 3.22. The van der Waals surface area contributed by atoms with E-state index in [2.05, 4.69) is 9.88 Å². The predicted octanol–water partition coefficient (Wildman–Crippen LogP) is 3.12. The second-order valence-corrected chi connectivity index (χ2v) is 8.34. The van der Waals surface area contributed by atoms with Crippen LogP contribution in [-0.2, 0) is 12.8 Å². The summed E-state index contributed by atoms with van der Waals surface area (Å²) in [6, 6.07) is 9.88. The molecule has 0 bridgehead atoms. The highest BCUT2D eigenvalue weighted by molar-refractivity contribution is 6.05. The number of benzene rings is 1. The highest BCUT2D eigenvalue weighted by atomic mass is 16.2. The van der Waals surface area contributed by atoms with Crippen molar-refractivity contribution in [2.45, 2.75) is 25.7 Å². The number of rotatable bonds is 2. The first-order chi connectivity index (χ1) is 15.3. The standard InChI is InChI=1S/C24H24N6O/c31-24(21-18-6-2-1-5-17(18)9-10-25-21)29-15-13-28(14-16-29)23-22-19-7-3-4-8-20(19)27-30(22)12-11-26-23/h1-2,5-6,9-12H,3-4,7-8,13-16H2. The molecule has 0 N–H and O–H groups in total. The zero-order valence-corrected chi connectivity index (χ0v) is 17.4. The minimum atomic E-state index is 0.00403. The van der Waals surface area contributed by atoms with Crippen molar-refractivity contribution in [3.8, 4) is 0 Å². The first-order valence-corrected chi connectivity index (χ1v) is 11.0. The van der Waals surface area contributed by atoms with Gasteiger partial charge >= 0.3 is 0 Å². The molecule has 1 aliphatic heterocycles. The molecule has 0 saturated carbocycles. The molecule has 1 fully saturated rings. The Kier molecular flexibility index (Phi) is 4.33. The number of fused-ring (bicyclic) bond motifs is 4. The van der Waals surface area contributed by atoms with Crippen LogP contribution in [0.5, 0.6) is 0 Å². The van der Waals surface area contributed by atoms with Crippen LogP contribution in [0.25, 0.3) is 16.3 Å². The van der Waals surface area contributed by atoms with Crippen LogP contribution in [0.2, 0.25) is 0 Å². The Hall–Kier alpha value is -3.48. The maximum atomic E-state index is 13.2. The van der Waals surface area contributed by atoms with Gasteiger partial charge in [-0.15, -0.1) is 0 Å². The van der Waals surface area contributed by atoms with E-state index in [-0.39, 0.29) is 5.91 Å². The second-order valence-electron chi connectivity index (χ2n) is 8.34. The zero-order valence-electron chi connectivity index (χ0n) is 17.4. The number of pyridine rings is 1. The average molecular weight is 412 g/mol. The van der Waals surface area contributed by atoms with Gasteiger partial charge in [-0.05, 0) is 37.1 Å². The van der Waals surface area contributed by atoms with Crippen molar-refractivity contribution < 1.29 is 4.79 Å². The minimum Gasteiger partial charge on any atom is -0.351 e. The topological polar surface area (TPSA) is 66.6 Å². The summed E-state index contributed by atoms with van der Waals surface area (Å²) in [5.41, 5.74) is 4.26. The van der Waals surface area contributed by atoms with Crippen LogP contribution in [0.3, 0.4) is 0 Å². The summed E-state index contributed by atoms with van der Waals surface area (Å²) in [4.78, 5) is 26.6. The fraction of sp³-hybridized carbons (Fsp3) is 0.333. The Morgan fingerprint density at radius 3 is 2.65 bits per heavy atom. The van der Waals surface area contributed by atoms with Crippen LogP contribution >= 0.6 is 0 Å².